The second-order valence-corrected chi connectivity index (χ2v) is 3.27. The molecule has 0 unspecified atom stereocenters. The van der Waals surface area contributed by atoms with Crippen LogP contribution in [0.3, 0.4) is 0 Å². The zero-order chi connectivity index (χ0) is 11.3. The molecular formula is C12H16O3. The van der Waals surface area contributed by atoms with Gasteiger partial charge in [-0.25, -0.2) is 0 Å². The normalized spacial score (nSPS) is 9.80. The van der Waals surface area contributed by atoms with E-state index in [1.54, 1.807) is 14.0 Å². The highest BCUT2D eigenvalue weighted by Crippen LogP contribution is 2.17. The molecule has 0 radical (unpaired) electrons. The number of hydrogen-bond acceptors (Lipinski definition) is 3. The van der Waals surface area contributed by atoms with E-state index in [0.717, 1.165) is 16.9 Å². The quantitative estimate of drug-likeness (QED) is 0.711. The summed E-state index contributed by atoms with van der Waals surface area (Å²) in [5.74, 6) is 0.617. The Hall–Kier alpha value is -1.51. The number of methoxy groups -OCH3 is 1. The maximum Gasteiger partial charge on any atom is 0.310 e. The van der Waals surface area contributed by atoms with Crippen molar-refractivity contribution < 1.29 is 14.3 Å². The average Bonchev–Trinajstić information content (AvgIpc) is 2.21. The molecule has 0 N–H and O–H groups in total. The van der Waals surface area contributed by atoms with E-state index >= 15 is 0 Å². The highest BCUT2D eigenvalue weighted by Gasteiger charge is 2.07. The van der Waals surface area contributed by atoms with Gasteiger partial charge < -0.3 is 9.47 Å². The van der Waals surface area contributed by atoms with Crippen LogP contribution in [0.1, 0.15) is 18.1 Å². The summed E-state index contributed by atoms with van der Waals surface area (Å²) in [5.41, 5.74) is 2.02. The third-order valence-corrected chi connectivity index (χ3v) is 2.19. The minimum Gasteiger partial charge on any atom is -0.497 e. The first-order valence-electron chi connectivity index (χ1n) is 4.96. The molecule has 0 heterocycles. The van der Waals surface area contributed by atoms with Gasteiger partial charge in [0, 0.05) is 0 Å². The van der Waals surface area contributed by atoms with Crippen molar-refractivity contribution in [1.29, 1.82) is 0 Å². The Labute approximate surface area is 90.0 Å². The van der Waals surface area contributed by atoms with Gasteiger partial charge in [-0.3, -0.25) is 4.79 Å². The summed E-state index contributed by atoms with van der Waals surface area (Å²) in [6, 6.07) is 5.65. The first-order valence-corrected chi connectivity index (χ1v) is 4.96. The van der Waals surface area contributed by atoms with Gasteiger partial charge >= 0.3 is 5.97 Å². The molecule has 82 valence electrons. The summed E-state index contributed by atoms with van der Waals surface area (Å²) in [5, 5.41) is 0. The van der Waals surface area contributed by atoms with Gasteiger partial charge in [0.1, 0.15) is 5.75 Å². The molecule has 0 saturated carbocycles. The second-order valence-electron chi connectivity index (χ2n) is 3.27. The fraction of sp³-hybridized carbons (Fsp3) is 0.417. The van der Waals surface area contributed by atoms with E-state index < -0.39 is 0 Å². The molecule has 0 saturated heterocycles. The Morgan fingerprint density at radius 1 is 1.40 bits per heavy atom. The van der Waals surface area contributed by atoms with Gasteiger partial charge in [0.2, 0.25) is 0 Å². The molecule has 0 aromatic heterocycles. The lowest BCUT2D eigenvalue weighted by Crippen LogP contribution is -2.08. The van der Waals surface area contributed by atoms with E-state index in [4.69, 9.17) is 9.47 Å². The molecule has 1 aromatic carbocycles. The largest absolute Gasteiger partial charge is 0.497 e. The van der Waals surface area contributed by atoms with Gasteiger partial charge in [0.05, 0.1) is 20.1 Å². The van der Waals surface area contributed by atoms with Crippen LogP contribution in [0.5, 0.6) is 5.75 Å². The Bertz CT molecular complexity index is 345. The molecule has 1 aromatic rings. The van der Waals surface area contributed by atoms with E-state index in [2.05, 4.69) is 0 Å². The molecule has 0 atom stereocenters. The highest BCUT2D eigenvalue weighted by molar-refractivity contribution is 5.73. The van der Waals surface area contributed by atoms with E-state index in [1.807, 2.05) is 25.1 Å². The number of aryl methyl sites for hydroxylation is 1. The summed E-state index contributed by atoms with van der Waals surface area (Å²) < 4.78 is 9.97. The molecule has 1 rings (SSSR count). The minimum absolute atomic E-state index is 0.189. The fourth-order valence-electron chi connectivity index (χ4n) is 1.36. The van der Waals surface area contributed by atoms with Crippen LogP contribution in [-0.4, -0.2) is 19.7 Å². The first kappa shape index (κ1) is 11.6. The molecule has 0 fully saturated rings. The van der Waals surface area contributed by atoms with Gasteiger partial charge in [-0.2, -0.15) is 0 Å². The molecule has 0 aliphatic rings. The van der Waals surface area contributed by atoms with E-state index in [-0.39, 0.29) is 5.97 Å². The molecular weight excluding hydrogens is 192 g/mol. The maximum atomic E-state index is 11.3. The number of carbonyl (C=O) groups is 1. The monoisotopic (exact) mass is 208 g/mol. The molecule has 0 amide bonds. The van der Waals surface area contributed by atoms with Crippen molar-refractivity contribution in [1.82, 2.24) is 0 Å². The van der Waals surface area contributed by atoms with E-state index in [0.29, 0.717) is 13.0 Å². The lowest BCUT2D eigenvalue weighted by atomic mass is 10.1. The lowest BCUT2D eigenvalue weighted by Gasteiger charge is -2.07. The summed E-state index contributed by atoms with van der Waals surface area (Å²) >= 11 is 0. The minimum atomic E-state index is -0.189. The SMILES string of the molecule is CCOC(=O)Cc1ccc(OC)cc1C. The van der Waals surface area contributed by atoms with Gasteiger partial charge in [-0.05, 0) is 37.1 Å². The highest BCUT2D eigenvalue weighted by atomic mass is 16.5. The zero-order valence-corrected chi connectivity index (χ0v) is 9.37. The molecule has 3 nitrogen and oxygen atoms in total. The molecule has 0 spiro atoms. The fourth-order valence-corrected chi connectivity index (χ4v) is 1.36. The topological polar surface area (TPSA) is 35.5 Å². The van der Waals surface area contributed by atoms with Crippen molar-refractivity contribution in [3.05, 3.63) is 29.3 Å². The van der Waals surface area contributed by atoms with Gasteiger partial charge in [-0.15, -0.1) is 0 Å². The lowest BCUT2D eigenvalue weighted by molar-refractivity contribution is -0.142. The Balaban J connectivity index is 2.73. The van der Waals surface area contributed by atoms with Crippen LogP contribution in [0.25, 0.3) is 0 Å². The number of esters is 1. The number of benzene rings is 1. The van der Waals surface area contributed by atoms with E-state index in [1.165, 1.54) is 0 Å². The third-order valence-electron chi connectivity index (χ3n) is 2.19. The standard InChI is InChI=1S/C12H16O3/c1-4-15-12(13)8-10-5-6-11(14-3)7-9(10)2/h5-7H,4,8H2,1-3H3. The van der Waals surface area contributed by atoms with Gasteiger partial charge in [0.25, 0.3) is 0 Å². The Kier molecular flexibility index (Phi) is 4.16. The predicted octanol–water partition coefficient (Wildman–Crippen LogP) is 2.11. The van der Waals surface area contributed by atoms with Gasteiger partial charge in [-0.1, -0.05) is 6.07 Å². The first-order chi connectivity index (χ1) is 7.17. The summed E-state index contributed by atoms with van der Waals surface area (Å²) in [6.45, 7) is 4.18. The van der Waals surface area contributed by atoms with Crippen molar-refractivity contribution in [2.75, 3.05) is 13.7 Å². The van der Waals surface area contributed by atoms with Crippen molar-refractivity contribution in [3.63, 3.8) is 0 Å². The van der Waals surface area contributed by atoms with Crippen molar-refractivity contribution in [3.8, 4) is 5.75 Å². The Morgan fingerprint density at radius 3 is 2.67 bits per heavy atom. The van der Waals surface area contributed by atoms with Crippen molar-refractivity contribution in [2.24, 2.45) is 0 Å². The van der Waals surface area contributed by atoms with Gasteiger partial charge in [0.15, 0.2) is 0 Å². The van der Waals surface area contributed by atoms with Crippen LogP contribution < -0.4 is 4.74 Å². The van der Waals surface area contributed by atoms with Crippen molar-refractivity contribution in [2.45, 2.75) is 20.3 Å². The molecule has 3 heteroatoms. The molecule has 0 bridgehead atoms. The van der Waals surface area contributed by atoms with Crippen LogP contribution >= 0.6 is 0 Å². The zero-order valence-electron chi connectivity index (χ0n) is 9.37. The van der Waals surface area contributed by atoms with Crippen molar-refractivity contribution >= 4 is 5.97 Å². The number of ether oxygens (including phenoxy) is 2. The predicted molar refractivity (Wildman–Crippen MR) is 58.1 cm³/mol. The Morgan fingerprint density at radius 2 is 2.13 bits per heavy atom. The van der Waals surface area contributed by atoms with E-state index in [9.17, 15) is 4.79 Å². The smallest absolute Gasteiger partial charge is 0.310 e. The number of rotatable bonds is 4. The summed E-state index contributed by atoms with van der Waals surface area (Å²) in [7, 11) is 1.62. The van der Waals surface area contributed by atoms with Crippen LogP contribution in [0.2, 0.25) is 0 Å². The summed E-state index contributed by atoms with van der Waals surface area (Å²) in [6.07, 6.45) is 0.323. The number of hydrogen-bond donors (Lipinski definition) is 0. The average molecular weight is 208 g/mol. The second kappa shape index (κ2) is 5.39. The number of carbonyl (C=O) groups excluding carboxylic acids is 1. The maximum absolute atomic E-state index is 11.3. The molecule has 15 heavy (non-hydrogen) atoms. The summed E-state index contributed by atoms with van der Waals surface area (Å²) in [4.78, 5) is 11.3. The van der Waals surface area contributed by atoms with Crippen LogP contribution in [0.4, 0.5) is 0 Å². The molecule has 0 aliphatic carbocycles. The molecule has 0 aliphatic heterocycles. The van der Waals surface area contributed by atoms with Crippen LogP contribution in [0, 0.1) is 6.92 Å². The van der Waals surface area contributed by atoms with Crippen LogP contribution in [-0.2, 0) is 16.0 Å². The third kappa shape index (κ3) is 3.27. The van der Waals surface area contributed by atoms with Crippen LogP contribution in [0.15, 0.2) is 18.2 Å².